The Hall–Kier alpha value is -0.650. The maximum Gasteiger partial charge on any atom is 0.234 e. The lowest BCUT2D eigenvalue weighted by Gasteiger charge is -2.30. The minimum absolute atomic E-state index is 0.112. The largest absolute Gasteiger partial charge is 0.381 e. The minimum atomic E-state index is 0.112. The first-order valence-electron chi connectivity index (χ1n) is 6.91. The molecule has 0 aromatic rings. The molecule has 2 fully saturated rings. The number of methoxy groups -OCH3 is 1. The molecule has 2 heterocycles. The van der Waals surface area contributed by atoms with E-state index in [9.17, 15) is 4.79 Å². The Bertz CT molecular complexity index is 259. The number of carbonyl (C=O) groups is 1. The Labute approximate surface area is 109 Å². The van der Waals surface area contributed by atoms with Crippen molar-refractivity contribution < 1.29 is 14.3 Å². The number of amides is 1. The van der Waals surface area contributed by atoms with Crippen LogP contribution in [-0.4, -0.2) is 62.9 Å². The third-order valence-corrected chi connectivity index (χ3v) is 3.79. The second kappa shape index (κ2) is 7.07. The monoisotopic (exact) mass is 256 g/mol. The zero-order valence-corrected chi connectivity index (χ0v) is 11.2. The number of hydrogen-bond acceptors (Lipinski definition) is 4. The molecule has 18 heavy (non-hydrogen) atoms. The first-order valence-corrected chi connectivity index (χ1v) is 6.91. The van der Waals surface area contributed by atoms with Gasteiger partial charge in [0.1, 0.15) is 0 Å². The summed E-state index contributed by atoms with van der Waals surface area (Å²) in [4.78, 5) is 14.0. The maximum atomic E-state index is 11.8. The van der Waals surface area contributed by atoms with E-state index in [4.69, 9.17) is 9.47 Å². The molecule has 2 aliphatic rings. The van der Waals surface area contributed by atoms with Crippen molar-refractivity contribution in [2.75, 3.05) is 39.9 Å². The number of ether oxygens (including phenoxy) is 2. The fraction of sp³-hybridized carbons (Fsp3) is 0.923. The number of piperidine rings is 1. The normalized spacial score (nSPS) is 26.4. The highest BCUT2D eigenvalue weighted by Crippen LogP contribution is 2.12. The van der Waals surface area contributed by atoms with Crippen LogP contribution < -0.4 is 5.32 Å². The molecule has 0 bridgehead atoms. The lowest BCUT2D eigenvalue weighted by Crippen LogP contribution is -2.44. The van der Waals surface area contributed by atoms with Gasteiger partial charge < -0.3 is 14.8 Å². The summed E-state index contributed by atoms with van der Waals surface area (Å²) in [5, 5.41) is 2.96. The Morgan fingerprint density at radius 3 is 2.78 bits per heavy atom. The Balaban J connectivity index is 1.59. The van der Waals surface area contributed by atoms with Crippen molar-refractivity contribution in [3.05, 3.63) is 0 Å². The van der Waals surface area contributed by atoms with Crippen LogP contribution in [0.1, 0.15) is 25.7 Å². The molecule has 2 saturated heterocycles. The van der Waals surface area contributed by atoms with Gasteiger partial charge >= 0.3 is 0 Å². The van der Waals surface area contributed by atoms with E-state index in [-0.39, 0.29) is 12.0 Å². The highest BCUT2D eigenvalue weighted by atomic mass is 16.5. The van der Waals surface area contributed by atoms with E-state index >= 15 is 0 Å². The molecule has 5 heteroatoms. The number of nitrogens with zero attached hydrogens (tertiary/aromatic N) is 1. The van der Waals surface area contributed by atoms with Gasteiger partial charge in [0, 0.05) is 33.4 Å². The molecule has 1 unspecified atom stereocenters. The molecule has 2 aliphatic heterocycles. The summed E-state index contributed by atoms with van der Waals surface area (Å²) in [5.74, 6) is 0.112. The van der Waals surface area contributed by atoms with Crippen LogP contribution in [0, 0.1) is 0 Å². The predicted molar refractivity (Wildman–Crippen MR) is 68.5 cm³/mol. The van der Waals surface area contributed by atoms with Crippen molar-refractivity contribution in [2.24, 2.45) is 0 Å². The third kappa shape index (κ3) is 4.23. The van der Waals surface area contributed by atoms with Crippen LogP contribution >= 0.6 is 0 Å². The molecule has 0 aromatic heterocycles. The van der Waals surface area contributed by atoms with E-state index in [0.29, 0.717) is 19.2 Å². The number of carbonyl (C=O) groups excluding carboxylic acids is 1. The molecule has 5 nitrogen and oxygen atoms in total. The van der Waals surface area contributed by atoms with Crippen LogP contribution in [0.2, 0.25) is 0 Å². The summed E-state index contributed by atoms with van der Waals surface area (Å²) in [5.41, 5.74) is 0. The van der Waals surface area contributed by atoms with Crippen LogP contribution in [0.15, 0.2) is 0 Å². The van der Waals surface area contributed by atoms with E-state index in [1.807, 2.05) is 0 Å². The van der Waals surface area contributed by atoms with Crippen molar-refractivity contribution >= 4 is 5.91 Å². The molecule has 0 aliphatic carbocycles. The maximum absolute atomic E-state index is 11.8. The van der Waals surface area contributed by atoms with Gasteiger partial charge in [0.15, 0.2) is 0 Å². The number of likely N-dealkylation sites (tertiary alicyclic amines) is 1. The molecule has 1 atom stereocenters. The van der Waals surface area contributed by atoms with E-state index in [1.165, 1.54) is 0 Å². The van der Waals surface area contributed by atoms with Gasteiger partial charge in [-0.1, -0.05) is 0 Å². The summed E-state index contributed by atoms with van der Waals surface area (Å²) < 4.78 is 10.8. The number of hydrogen-bond donors (Lipinski definition) is 1. The summed E-state index contributed by atoms with van der Waals surface area (Å²) in [6, 6.07) is 0. The highest BCUT2D eigenvalue weighted by molar-refractivity contribution is 5.78. The van der Waals surface area contributed by atoms with Crippen molar-refractivity contribution in [3.63, 3.8) is 0 Å². The van der Waals surface area contributed by atoms with Gasteiger partial charge in [0.25, 0.3) is 0 Å². The molecule has 2 rings (SSSR count). The molecule has 0 spiro atoms. The van der Waals surface area contributed by atoms with E-state index in [1.54, 1.807) is 7.11 Å². The fourth-order valence-corrected chi connectivity index (χ4v) is 2.60. The van der Waals surface area contributed by atoms with Crippen LogP contribution in [0.3, 0.4) is 0 Å². The molecule has 0 aromatic carbocycles. The van der Waals surface area contributed by atoms with Crippen molar-refractivity contribution in [2.45, 2.75) is 37.9 Å². The van der Waals surface area contributed by atoms with E-state index in [0.717, 1.165) is 45.4 Å². The Kier molecular flexibility index (Phi) is 5.41. The zero-order valence-electron chi connectivity index (χ0n) is 11.2. The van der Waals surface area contributed by atoms with Gasteiger partial charge in [-0.2, -0.15) is 0 Å². The molecular formula is C13H24N2O3. The lowest BCUT2D eigenvalue weighted by molar-refractivity contribution is -0.123. The number of rotatable bonds is 5. The molecule has 0 saturated carbocycles. The van der Waals surface area contributed by atoms with Gasteiger partial charge in [-0.25, -0.2) is 0 Å². The standard InChI is InChI=1S/C13H24N2O3/c1-17-11-4-6-15(7-5-11)10-13(16)14-9-12-3-2-8-18-12/h11-12H,2-10H2,1H3,(H,14,16). The molecule has 1 amide bonds. The quantitative estimate of drug-likeness (QED) is 0.773. The van der Waals surface area contributed by atoms with Crippen LogP contribution in [0.5, 0.6) is 0 Å². The van der Waals surface area contributed by atoms with Crippen molar-refractivity contribution in [3.8, 4) is 0 Å². The van der Waals surface area contributed by atoms with Gasteiger partial charge in [0.05, 0.1) is 18.8 Å². The van der Waals surface area contributed by atoms with Crippen molar-refractivity contribution in [1.29, 1.82) is 0 Å². The van der Waals surface area contributed by atoms with Gasteiger partial charge in [0.2, 0.25) is 5.91 Å². The second-order valence-electron chi connectivity index (χ2n) is 5.15. The third-order valence-electron chi connectivity index (χ3n) is 3.79. The summed E-state index contributed by atoms with van der Waals surface area (Å²) >= 11 is 0. The highest BCUT2D eigenvalue weighted by Gasteiger charge is 2.21. The van der Waals surface area contributed by atoms with Crippen LogP contribution in [-0.2, 0) is 14.3 Å². The summed E-state index contributed by atoms with van der Waals surface area (Å²) in [6.45, 7) is 3.90. The van der Waals surface area contributed by atoms with Crippen molar-refractivity contribution in [1.82, 2.24) is 10.2 Å². The van der Waals surface area contributed by atoms with E-state index < -0.39 is 0 Å². The summed E-state index contributed by atoms with van der Waals surface area (Å²) in [6.07, 6.45) is 4.83. The molecule has 1 N–H and O–H groups in total. The van der Waals surface area contributed by atoms with E-state index in [2.05, 4.69) is 10.2 Å². The summed E-state index contributed by atoms with van der Waals surface area (Å²) in [7, 11) is 1.76. The zero-order chi connectivity index (χ0) is 12.8. The first kappa shape index (κ1) is 13.8. The minimum Gasteiger partial charge on any atom is -0.381 e. The molecular weight excluding hydrogens is 232 g/mol. The number of nitrogens with one attached hydrogen (secondary N) is 1. The topological polar surface area (TPSA) is 50.8 Å². The van der Waals surface area contributed by atoms with Gasteiger partial charge in [-0.15, -0.1) is 0 Å². The molecule has 104 valence electrons. The SMILES string of the molecule is COC1CCN(CC(=O)NCC2CCCO2)CC1. The second-order valence-corrected chi connectivity index (χ2v) is 5.15. The molecule has 0 radical (unpaired) electrons. The van der Waals surface area contributed by atoms with Crippen LogP contribution in [0.4, 0.5) is 0 Å². The lowest BCUT2D eigenvalue weighted by atomic mass is 10.1. The fourth-order valence-electron chi connectivity index (χ4n) is 2.60. The van der Waals surface area contributed by atoms with Gasteiger partial charge in [-0.05, 0) is 25.7 Å². The Morgan fingerprint density at radius 2 is 2.17 bits per heavy atom. The smallest absolute Gasteiger partial charge is 0.234 e. The first-order chi connectivity index (χ1) is 8.78. The predicted octanol–water partition coefficient (Wildman–Crippen LogP) is 0.392. The average molecular weight is 256 g/mol. The Morgan fingerprint density at radius 1 is 1.39 bits per heavy atom. The van der Waals surface area contributed by atoms with Crippen LogP contribution in [0.25, 0.3) is 0 Å². The average Bonchev–Trinajstić information content (AvgIpc) is 2.90. The van der Waals surface area contributed by atoms with Gasteiger partial charge in [-0.3, -0.25) is 9.69 Å².